The number of nitrogens with zero attached hydrogens (tertiary/aromatic N) is 1. The van der Waals surface area contributed by atoms with Crippen LogP contribution in [0.1, 0.15) is 52.1 Å². The standard InChI is InChI=1S/C20H27NO/c1-14-11-15-5-8-19(12-16(15)13-21-14)22-18-9-6-17(7-10-18)20(2,3)4/h5,8,11-13,17-18H,6-7,9-10H2,1-4H3. The maximum absolute atomic E-state index is 6.23. The predicted molar refractivity (Wildman–Crippen MR) is 92.3 cm³/mol. The minimum absolute atomic E-state index is 0.370. The molecule has 0 unspecified atom stereocenters. The Hall–Kier alpha value is -1.57. The first-order chi connectivity index (χ1) is 10.4. The van der Waals surface area contributed by atoms with Gasteiger partial charge in [0, 0.05) is 17.3 Å². The van der Waals surface area contributed by atoms with Crippen LogP contribution in [0.25, 0.3) is 10.8 Å². The van der Waals surface area contributed by atoms with Gasteiger partial charge in [-0.05, 0) is 67.5 Å². The van der Waals surface area contributed by atoms with Gasteiger partial charge in [0.2, 0.25) is 0 Å². The van der Waals surface area contributed by atoms with Crippen molar-refractivity contribution in [1.82, 2.24) is 4.98 Å². The van der Waals surface area contributed by atoms with E-state index in [2.05, 4.69) is 50.0 Å². The molecule has 0 bridgehead atoms. The van der Waals surface area contributed by atoms with Crippen molar-refractivity contribution < 1.29 is 4.74 Å². The van der Waals surface area contributed by atoms with Gasteiger partial charge < -0.3 is 4.74 Å². The molecule has 0 N–H and O–H groups in total. The topological polar surface area (TPSA) is 22.1 Å². The van der Waals surface area contributed by atoms with E-state index in [4.69, 9.17) is 4.74 Å². The second kappa shape index (κ2) is 5.91. The van der Waals surface area contributed by atoms with Gasteiger partial charge in [0.1, 0.15) is 5.75 Å². The third-order valence-electron chi connectivity index (χ3n) is 5.03. The van der Waals surface area contributed by atoms with Crippen molar-refractivity contribution >= 4 is 10.8 Å². The molecule has 1 saturated carbocycles. The van der Waals surface area contributed by atoms with E-state index in [1.807, 2.05) is 13.1 Å². The van der Waals surface area contributed by atoms with Crippen molar-refractivity contribution in [2.75, 3.05) is 0 Å². The van der Waals surface area contributed by atoms with Crippen LogP contribution in [0.4, 0.5) is 0 Å². The average Bonchev–Trinajstić information content (AvgIpc) is 2.47. The Morgan fingerprint density at radius 2 is 1.73 bits per heavy atom. The highest BCUT2D eigenvalue weighted by Gasteiger charge is 2.30. The molecule has 118 valence electrons. The van der Waals surface area contributed by atoms with Gasteiger partial charge in [0.15, 0.2) is 0 Å². The van der Waals surface area contributed by atoms with E-state index < -0.39 is 0 Å². The van der Waals surface area contributed by atoms with Crippen LogP contribution in [0, 0.1) is 18.3 Å². The summed E-state index contributed by atoms with van der Waals surface area (Å²) in [6, 6.07) is 8.48. The highest BCUT2D eigenvalue weighted by Crippen LogP contribution is 2.38. The molecule has 0 spiro atoms. The van der Waals surface area contributed by atoms with Crippen molar-refractivity contribution in [3.8, 4) is 5.75 Å². The summed E-state index contributed by atoms with van der Waals surface area (Å²) in [5.41, 5.74) is 1.49. The number of hydrogen-bond acceptors (Lipinski definition) is 2. The van der Waals surface area contributed by atoms with E-state index in [1.165, 1.54) is 31.1 Å². The van der Waals surface area contributed by atoms with Crippen molar-refractivity contribution in [1.29, 1.82) is 0 Å². The van der Waals surface area contributed by atoms with Gasteiger partial charge in [-0.1, -0.05) is 26.8 Å². The lowest BCUT2D eigenvalue weighted by atomic mass is 9.72. The van der Waals surface area contributed by atoms with E-state index >= 15 is 0 Å². The van der Waals surface area contributed by atoms with Crippen molar-refractivity contribution in [2.45, 2.75) is 59.5 Å². The Morgan fingerprint density at radius 1 is 1.00 bits per heavy atom. The summed E-state index contributed by atoms with van der Waals surface area (Å²) in [6.07, 6.45) is 7.21. The number of aryl methyl sites for hydroxylation is 1. The van der Waals surface area contributed by atoms with Crippen LogP contribution in [-0.2, 0) is 0 Å². The number of aromatic nitrogens is 1. The molecular weight excluding hydrogens is 270 g/mol. The number of benzene rings is 1. The molecule has 1 fully saturated rings. The number of pyridine rings is 1. The predicted octanol–water partition coefficient (Wildman–Crippen LogP) is 5.53. The SMILES string of the molecule is Cc1cc2ccc(OC3CCC(C(C)(C)C)CC3)cc2cn1. The summed E-state index contributed by atoms with van der Waals surface area (Å²) in [5, 5.41) is 2.39. The molecule has 0 saturated heterocycles. The first kappa shape index (κ1) is 15.3. The Balaban J connectivity index is 1.66. The van der Waals surface area contributed by atoms with E-state index in [9.17, 15) is 0 Å². The smallest absolute Gasteiger partial charge is 0.120 e. The highest BCUT2D eigenvalue weighted by molar-refractivity contribution is 5.83. The molecule has 1 aromatic carbocycles. The van der Waals surface area contributed by atoms with Crippen molar-refractivity contribution in [3.05, 3.63) is 36.2 Å². The third kappa shape index (κ3) is 3.43. The number of fused-ring (bicyclic) bond motifs is 1. The molecule has 1 aliphatic rings. The van der Waals surface area contributed by atoms with Crippen LogP contribution < -0.4 is 4.74 Å². The third-order valence-corrected chi connectivity index (χ3v) is 5.03. The second-order valence-corrected chi connectivity index (χ2v) is 7.79. The zero-order valence-electron chi connectivity index (χ0n) is 14.2. The summed E-state index contributed by atoms with van der Waals surface area (Å²) >= 11 is 0. The van der Waals surface area contributed by atoms with Gasteiger partial charge in [-0.15, -0.1) is 0 Å². The van der Waals surface area contributed by atoms with Crippen LogP contribution in [0.3, 0.4) is 0 Å². The molecule has 0 radical (unpaired) electrons. The van der Waals surface area contributed by atoms with E-state index in [0.29, 0.717) is 11.5 Å². The summed E-state index contributed by atoms with van der Waals surface area (Å²) < 4.78 is 6.23. The first-order valence-corrected chi connectivity index (χ1v) is 8.45. The van der Waals surface area contributed by atoms with E-state index in [0.717, 1.165) is 22.7 Å². The largest absolute Gasteiger partial charge is 0.490 e. The molecule has 0 amide bonds. The highest BCUT2D eigenvalue weighted by atomic mass is 16.5. The minimum atomic E-state index is 0.370. The quantitative estimate of drug-likeness (QED) is 0.727. The zero-order valence-corrected chi connectivity index (χ0v) is 14.2. The van der Waals surface area contributed by atoms with E-state index in [-0.39, 0.29) is 0 Å². The summed E-state index contributed by atoms with van der Waals surface area (Å²) in [4.78, 5) is 4.38. The lowest BCUT2D eigenvalue weighted by Gasteiger charge is -2.36. The Labute approximate surface area is 133 Å². The molecule has 2 heteroatoms. The van der Waals surface area contributed by atoms with Gasteiger partial charge in [0.05, 0.1) is 6.10 Å². The molecule has 3 rings (SSSR count). The molecule has 1 aromatic heterocycles. The molecule has 1 aliphatic carbocycles. The van der Waals surface area contributed by atoms with Crippen LogP contribution in [0.5, 0.6) is 5.75 Å². The monoisotopic (exact) mass is 297 g/mol. The number of hydrogen-bond donors (Lipinski definition) is 0. The van der Waals surface area contributed by atoms with Crippen LogP contribution in [0.2, 0.25) is 0 Å². The fraction of sp³-hybridized carbons (Fsp3) is 0.550. The van der Waals surface area contributed by atoms with Crippen LogP contribution >= 0.6 is 0 Å². The Morgan fingerprint density at radius 3 is 2.41 bits per heavy atom. The Bertz CT molecular complexity index is 648. The van der Waals surface area contributed by atoms with Gasteiger partial charge in [-0.3, -0.25) is 4.98 Å². The molecule has 22 heavy (non-hydrogen) atoms. The second-order valence-electron chi connectivity index (χ2n) is 7.79. The maximum atomic E-state index is 6.23. The molecule has 0 aliphatic heterocycles. The maximum Gasteiger partial charge on any atom is 0.120 e. The lowest BCUT2D eigenvalue weighted by molar-refractivity contribution is 0.0883. The molecule has 2 nitrogen and oxygen atoms in total. The van der Waals surface area contributed by atoms with Crippen LogP contribution in [-0.4, -0.2) is 11.1 Å². The fourth-order valence-electron chi connectivity index (χ4n) is 3.54. The van der Waals surface area contributed by atoms with Gasteiger partial charge in [-0.25, -0.2) is 0 Å². The number of ether oxygens (including phenoxy) is 1. The van der Waals surface area contributed by atoms with Crippen molar-refractivity contribution in [3.63, 3.8) is 0 Å². The molecular formula is C20H27NO. The summed E-state index contributed by atoms with van der Waals surface area (Å²) in [6.45, 7) is 9.10. The molecule has 0 atom stereocenters. The van der Waals surface area contributed by atoms with E-state index in [1.54, 1.807) is 0 Å². The zero-order chi connectivity index (χ0) is 15.7. The van der Waals surface area contributed by atoms with Gasteiger partial charge in [0.25, 0.3) is 0 Å². The lowest BCUT2D eigenvalue weighted by Crippen LogP contribution is -2.30. The summed E-state index contributed by atoms with van der Waals surface area (Å²) in [5.74, 6) is 1.81. The first-order valence-electron chi connectivity index (χ1n) is 8.45. The van der Waals surface area contributed by atoms with Crippen molar-refractivity contribution in [2.24, 2.45) is 11.3 Å². The average molecular weight is 297 g/mol. The van der Waals surface area contributed by atoms with Gasteiger partial charge >= 0.3 is 0 Å². The fourth-order valence-corrected chi connectivity index (χ4v) is 3.54. The Kier molecular flexibility index (Phi) is 4.12. The molecule has 1 heterocycles. The normalized spacial score (nSPS) is 22.7. The molecule has 2 aromatic rings. The number of rotatable bonds is 2. The van der Waals surface area contributed by atoms with Gasteiger partial charge in [-0.2, -0.15) is 0 Å². The minimum Gasteiger partial charge on any atom is -0.490 e. The summed E-state index contributed by atoms with van der Waals surface area (Å²) in [7, 11) is 0. The van der Waals surface area contributed by atoms with Crippen LogP contribution in [0.15, 0.2) is 30.5 Å².